The molecule has 0 aliphatic rings. The quantitative estimate of drug-likeness (QED) is 0.652. The predicted molar refractivity (Wildman–Crippen MR) is 69.9 cm³/mol. The monoisotopic (exact) mass is 300 g/mol. The lowest BCUT2D eigenvalue weighted by atomic mass is 10.3. The summed E-state index contributed by atoms with van der Waals surface area (Å²) in [6.07, 6.45) is -4.68. The van der Waals surface area contributed by atoms with E-state index < -0.39 is 6.36 Å². The number of ether oxygens (including phenoxy) is 1. The summed E-state index contributed by atoms with van der Waals surface area (Å²) in [6, 6.07) is 5.23. The van der Waals surface area contributed by atoms with Gasteiger partial charge in [-0.1, -0.05) is 18.7 Å². The minimum Gasteiger partial charge on any atom is -0.406 e. The van der Waals surface area contributed by atoms with Gasteiger partial charge in [0.25, 0.3) is 0 Å². The Bertz CT molecular complexity index is 384. The van der Waals surface area contributed by atoms with Crippen LogP contribution < -0.4 is 10.1 Å². The van der Waals surface area contributed by atoms with Crippen molar-refractivity contribution in [2.75, 3.05) is 11.1 Å². The Morgan fingerprint density at radius 2 is 1.89 bits per heavy atom. The fraction of sp³-hybridized carbons (Fsp3) is 0.300. The highest BCUT2D eigenvalue weighted by atomic mass is 35.5. The van der Waals surface area contributed by atoms with Gasteiger partial charge in [0.05, 0.1) is 0 Å². The number of nitrogens with one attached hydrogen (secondary N) is 2. The van der Waals surface area contributed by atoms with Gasteiger partial charge in [-0.3, -0.25) is 5.41 Å². The fourth-order valence-corrected chi connectivity index (χ4v) is 1.53. The van der Waals surface area contributed by atoms with Crippen LogP contribution >= 0.6 is 24.2 Å². The Kier molecular flexibility index (Phi) is 6.93. The van der Waals surface area contributed by atoms with E-state index in [1.165, 1.54) is 36.0 Å². The van der Waals surface area contributed by atoms with Crippen LogP contribution in [-0.2, 0) is 0 Å². The second-order valence-electron chi connectivity index (χ2n) is 2.96. The number of benzene rings is 1. The normalized spacial score (nSPS) is 10.4. The maximum atomic E-state index is 11.9. The van der Waals surface area contributed by atoms with Crippen LogP contribution in [0.4, 0.5) is 18.9 Å². The number of thioether (sulfide) groups is 1. The standard InChI is InChI=1S/C10H11F3N2OS.ClH/c1-2-17-9(14)15-7-3-5-8(6-4-7)16-10(11,12)13;/h3-6H,2H2,1H3,(H2,14,15);1H. The van der Waals surface area contributed by atoms with Crippen LogP contribution in [0.5, 0.6) is 5.75 Å². The van der Waals surface area contributed by atoms with Crippen molar-refractivity contribution in [3.8, 4) is 5.75 Å². The Labute approximate surface area is 113 Å². The van der Waals surface area contributed by atoms with Gasteiger partial charge in [0.15, 0.2) is 5.17 Å². The van der Waals surface area contributed by atoms with Gasteiger partial charge in [0, 0.05) is 5.69 Å². The van der Waals surface area contributed by atoms with Crippen LogP contribution in [0.25, 0.3) is 0 Å². The molecule has 0 saturated heterocycles. The van der Waals surface area contributed by atoms with E-state index in [0.29, 0.717) is 5.69 Å². The lowest BCUT2D eigenvalue weighted by Crippen LogP contribution is -2.17. The Morgan fingerprint density at radius 3 is 2.33 bits per heavy atom. The highest BCUT2D eigenvalue weighted by Crippen LogP contribution is 2.24. The van der Waals surface area contributed by atoms with Crippen molar-refractivity contribution >= 4 is 35.0 Å². The highest BCUT2D eigenvalue weighted by Gasteiger charge is 2.30. The number of rotatable bonds is 3. The first-order valence-corrected chi connectivity index (χ1v) is 5.73. The molecule has 0 unspecified atom stereocenters. The molecule has 0 aromatic heterocycles. The topological polar surface area (TPSA) is 45.1 Å². The maximum absolute atomic E-state index is 11.9. The number of halogens is 4. The molecule has 0 amide bonds. The third-order valence-electron chi connectivity index (χ3n) is 1.63. The van der Waals surface area contributed by atoms with E-state index in [0.717, 1.165) is 5.75 Å². The molecule has 0 heterocycles. The summed E-state index contributed by atoms with van der Waals surface area (Å²) in [6.45, 7) is 1.90. The lowest BCUT2D eigenvalue weighted by molar-refractivity contribution is -0.274. The summed E-state index contributed by atoms with van der Waals surface area (Å²) < 4.78 is 39.4. The largest absolute Gasteiger partial charge is 0.573 e. The van der Waals surface area contributed by atoms with Crippen molar-refractivity contribution in [1.29, 1.82) is 5.41 Å². The molecule has 0 atom stereocenters. The first kappa shape index (κ1) is 16.9. The molecule has 102 valence electrons. The second-order valence-corrected chi connectivity index (χ2v) is 4.23. The van der Waals surface area contributed by atoms with Gasteiger partial charge in [-0.15, -0.1) is 25.6 Å². The van der Waals surface area contributed by atoms with Crippen molar-refractivity contribution in [3.05, 3.63) is 24.3 Å². The van der Waals surface area contributed by atoms with Crippen LogP contribution in [0.2, 0.25) is 0 Å². The number of hydrogen-bond donors (Lipinski definition) is 2. The van der Waals surface area contributed by atoms with Gasteiger partial charge >= 0.3 is 6.36 Å². The molecule has 0 bridgehead atoms. The molecule has 0 aliphatic heterocycles. The fourth-order valence-electron chi connectivity index (χ4n) is 1.05. The van der Waals surface area contributed by atoms with Crippen molar-refractivity contribution in [1.82, 2.24) is 0 Å². The molecule has 0 fully saturated rings. The molecule has 1 aromatic carbocycles. The minimum absolute atomic E-state index is 0. The summed E-state index contributed by atoms with van der Waals surface area (Å²) in [5.74, 6) is 0.471. The SMILES string of the molecule is CCSC(=N)Nc1ccc(OC(F)(F)F)cc1.Cl. The van der Waals surface area contributed by atoms with Crippen LogP contribution in [-0.4, -0.2) is 17.3 Å². The Hall–Kier alpha value is -1.08. The first-order valence-electron chi connectivity index (χ1n) is 4.75. The van der Waals surface area contributed by atoms with E-state index in [9.17, 15) is 13.2 Å². The summed E-state index contributed by atoms with van der Waals surface area (Å²) in [5, 5.41) is 10.5. The number of amidine groups is 1. The molecule has 0 saturated carbocycles. The molecule has 0 radical (unpaired) electrons. The van der Waals surface area contributed by atoms with Gasteiger partial charge in [-0.2, -0.15) is 0 Å². The maximum Gasteiger partial charge on any atom is 0.573 e. The summed E-state index contributed by atoms with van der Waals surface area (Å²) in [4.78, 5) is 0. The van der Waals surface area contributed by atoms with Crippen molar-refractivity contribution < 1.29 is 17.9 Å². The summed E-state index contributed by atoms with van der Waals surface area (Å²) >= 11 is 1.30. The minimum atomic E-state index is -4.68. The van der Waals surface area contributed by atoms with Crippen LogP contribution in [0.3, 0.4) is 0 Å². The van der Waals surface area contributed by atoms with Gasteiger partial charge in [0.2, 0.25) is 0 Å². The molecule has 2 N–H and O–H groups in total. The van der Waals surface area contributed by atoms with Gasteiger partial charge in [-0.25, -0.2) is 0 Å². The third-order valence-corrected chi connectivity index (χ3v) is 2.31. The van der Waals surface area contributed by atoms with Gasteiger partial charge in [0.1, 0.15) is 5.75 Å². The molecule has 1 rings (SSSR count). The van der Waals surface area contributed by atoms with E-state index in [2.05, 4.69) is 10.1 Å². The molecule has 8 heteroatoms. The van der Waals surface area contributed by atoms with Crippen LogP contribution in [0, 0.1) is 5.41 Å². The smallest absolute Gasteiger partial charge is 0.406 e. The molecule has 0 aliphatic carbocycles. The molecular weight excluding hydrogens is 289 g/mol. The Morgan fingerprint density at radius 1 is 1.33 bits per heavy atom. The van der Waals surface area contributed by atoms with Crippen LogP contribution in [0.1, 0.15) is 6.92 Å². The molecule has 0 spiro atoms. The zero-order valence-corrected chi connectivity index (χ0v) is 11.0. The van der Waals surface area contributed by atoms with Crippen molar-refractivity contribution in [3.63, 3.8) is 0 Å². The average molecular weight is 301 g/mol. The number of anilines is 1. The average Bonchev–Trinajstić information content (AvgIpc) is 2.19. The van der Waals surface area contributed by atoms with Crippen molar-refractivity contribution in [2.24, 2.45) is 0 Å². The zero-order chi connectivity index (χ0) is 12.9. The van der Waals surface area contributed by atoms with Crippen molar-refractivity contribution in [2.45, 2.75) is 13.3 Å². The lowest BCUT2D eigenvalue weighted by Gasteiger charge is -2.10. The second kappa shape index (κ2) is 7.38. The molecule has 18 heavy (non-hydrogen) atoms. The molecule has 1 aromatic rings. The third kappa shape index (κ3) is 6.61. The van der Waals surface area contributed by atoms with Crippen LogP contribution in [0.15, 0.2) is 24.3 Å². The Balaban J connectivity index is 0.00000289. The van der Waals surface area contributed by atoms with E-state index in [-0.39, 0.29) is 23.3 Å². The van der Waals surface area contributed by atoms with E-state index >= 15 is 0 Å². The summed E-state index contributed by atoms with van der Waals surface area (Å²) in [5.41, 5.74) is 0.547. The summed E-state index contributed by atoms with van der Waals surface area (Å²) in [7, 11) is 0. The number of alkyl halides is 3. The van der Waals surface area contributed by atoms with Gasteiger partial charge in [-0.05, 0) is 30.0 Å². The molecular formula is C10H12ClF3N2OS. The number of hydrogen-bond acceptors (Lipinski definition) is 3. The van der Waals surface area contributed by atoms with Gasteiger partial charge < -0.3 is 10.1 Å². The highest BCUT2D eigenvalue weighted by molar-refractivity contribution is 8.14. The van der Waals surface area contributed by atoms with E-state index in [4.69, 9.17) is 5.41 Å². The van der Waals surface area contributed by atoms with E-state index in [1.807, 2.05) is 6.92 Å². The zero-order valence-electron chi connectivity index (χ0n) is 9.38. The first-order chi connectivity index (χ1) is 7.90. The molecule has 3 nitrogen and oxygen atoms in total. The van der Waals surface area contributed by atoms with E-state index in [1.54, 1.807) is 0 Å². The predicted octanol–water partition coefficient (Wildman–Crippen LogP) is 4.11.